The maximum atomic E-state index is 5.84. The molecule has 0 aliphatic carbocycles. The van der Waals surface area contributed by atoms with Crippen molar-refractivity contribution in [1.29, 1.82) is 0 Å². The first-order valence-electron chi connectivity index (χ1n) is 8.43. The molecule has 1 aliphatic heterocycles. The average Bonchev–Trinajstić information content (AvgIpc) is 2.83. The lowest BCUT2D eigenvalue weighted by Crippen LogP contribution is -2.30. The predicted octanol–water partition coefficient (Wildman–Crippen LogP) is 2.60. The van der Waals surface area contributed by atoms with Gasteiger partial charge >= 0.3 is 0 Å². The zero-order valence-electron chi connectivity index (χ0n) is 14.7. The van der Waals surface area contributed by atoms with E-state index in [0.29, 0.717) is 5.92 Å². The molecule has 0 unspecified atom stereocenters. The van der Waals surface area contributed by atoms with Gasteiger partial charge in [0.2, 0.25) is 0 Å². The lowest BCUT2D eigenvalue weighted by atomic mass is 10.0. The number of anilines is 1. The Morgan fingerprint density at radius 1 is 1.38 bits per heavy atom. The number of aromatic nitrogens is 2. The second kappa shape index (κ2) is 8.05. The van der Waals surface area contributed by atoms with E-state index in [2.05, 4.69) is 39.3 Å². The summed E-state index contributed by atoms with van der Waals surface area (Å²) in [7, 11) is 4.01. The third-order valence-corrected chi connectivity index (χ3v) is 5.43. The molecule has 1 fully saturated rings. The maximum absolute atomic E-state index is 5.84. The number of hydrogen-bond donors (Lipinski definition) is 0. The van der Waals surface area contributed by atoms with Crippen LogP contribution in [-0.4, -0.2) is 55.3 Å². The van der Waals surface area contributed by atoms with Crippen LogP contribution >= 0.6 is 11.3 Å². The van der Waals surface area contributed by atoms with E-state index in [1.54, 1.807) is 6.33 Å². The van der Waals surface area contributed by atoms with E-state index in [9.17, 15) is 0 Å². The molecule has 2 aromatic heterocycles. The first kappa shape index (κ1) is 17.3. The average molecular weight is 347 g/mol. The minimum Gasteiger partial charge on any atom is -0.380 e. The van der Waals surface area contributed by atoms with Crippen LogP contribution in [-0.2, 0) is 17.7 Å². The Morgan fingerprint density at radius 3 is 3.00 bits per heavy atom. The summed E-state index contributed by atoms with van der Waals surface area (Å²) in [6, 6.07) is 4.29. The van der Waals surface area contributed by atoms with Gasteiger partial charge in [-0.15, -0.1) is 11.3 Å². The van der Waals surface area contributed by atoms with Crippen LogP contribution in [0.4, 0.5) is 5.82 Å². The second-order valence-corrected chi connectivity index (χ2v) is 7.67. The molecule has 6 heteroatoms. The minimum absolute atomic E-state index is 0.470. The molecule has 3 rings (SSSR count). The molecule has 0 spiro atoms. The van der Waals surface area contributed by atoms with Gasteiger partial charge in [0, 0.05) is 56.3 Å². The van der Waals surface area contributed by atoms with Gasteiger partial charge in [-0.2, -0.15) is 0 Å². The summed E-state index contributed by atoms with van der Waals surface area (Å²) in [6.45, 7) is 6.89. The summed E-state index contributed by atoms with van der Waals surface area (Å²) in [6.07, 6.45) is 2.60. The summed E-state index contributed by atoms with van der Waals surface area (Å²) < 4.78 is 5.84. The number of nitrogens with zero attached hydrogens (tertiary/aromatic N) is 4. The normalized spacial score (nSPS) is 19.2. The molecule has 0 bridgehead atoms. The number of rotatable bonds is 5. The molecule has 1 aliphatic rings. The highest BCUT2D eigenvalue weighted by molar-refractivity contribution is 7.10. The topological polar surface area (TPSA) is 41.5 Å². The molecule has 3 heterocycles. The van der Waals surface area contributed by atoms with Gasteiger partial charge in [-0.1, -0.05) is 0 Å². The molecule has 0 amide bonds. The molecule has 130 valence electrons. The third-order valence-electron chi connectivity index (χ3n) is 4.42. The van der Waals surface area contributed by atoms with Crippen LogP contribution in [0.3, 0.4) is 0 Å². The van der Waals surface area contributed by atoms with Crippen LogP contribution in [0.15, 0.2) is 23.8 Å². The largest absolute Gasteiger partial charge is 0.380 e. The van der Waals surface area contributed by atoms with Gasteiger partial charge in [0.25, 0.3) is 0 Å². The highest BCUT2D eigenvalue weighted by Crippen LogP contribution is 2.21. The Morgan fingerprint density at radius 2 is 2.25 bits per heavy atom. The number of aryl methyl sites for hydroxylation is 1. The first-order valence-corrected chi connectivity index (χ1v) is 9.31. The van der Waals surface area contributed by atoms with Crippen LogP contribution in [0, 0.1) is 12.8 Å². The van der Waals surface area contributed by atoms with Gasteiger partial charge in [0.1, 0.15) is 12.1 Å². The van der Waals surface area contributed by atoms with Gasteiger partial charge in [-0.05, 0) is 30.4 Å². The molecule has 1 saturated heterocycles. The van der Waals surface area contributed by atoms with Crippen molar-refractivity contribution in [3.8, 4) is 0 Å². The van der Waals surface area contributed by atoms with Gasteiger partial charge in [0.05, 0.1) is 13.2 Å². The summed E-state index contributed by atoms with van der Waals surface area (Å²) in [5.41, 5.74) is 2.49. The third kappa shape index (κ3) is 4.53. The summed E-state index contributed by atoms with van der Waals surface area (Å²) in [5, 5.41) is 2.18. The zero-order valence-corrected chi connectivity index (χ0v) is 15.6. The Kier molecular flexibility index (Phi) is 5.81. The van der Waals surface area contributed by atoms with Gasteiger partial charge in [0.15, 0.2) is 0 Å². The van der Waals surface area contributed by atoms with Crippen LogP contribution < -0.4 is 4.90 Å². The van der Waals surface area contributed by atoms with E-state index in [1.165, 1.54) is 10.4 Å². The lowest BCUT2D eigenvalue weighted by Gasteiger charge is -2.23. The van der Waals surface area contributed by atoms with Gasteiger partial charge in [-0.3, -0.25) is 4.90 Å². The number of ether oxygens (including phenoxy) is 1. The Labute approximate surface area is 148 Å². The quantitative estimate of drug-likeness (QED) is 0.832. The molecule has 0 radical (unpaired) electrons. The molecule has 1 atom stereocenters. The van der Waals surface area contributed by atoms with Gasteiger partial charge < -0.3 is 9.64 Å². The molecule has 0 N–H and O–H groups in total. The highest BCUT2D eigenvalue weighted by atomic mass is 32.1. The monoisotopic (exact) mass is 346 g/mol. The molecular formula is C18H26N4OS. The molecule has 24 heavy (non-hydrogen) atoms. The van der Waals surface area contributed by atoms with Crippen LogP contribution in [0.5, 0.6) is 0 Å². The fourth-order valence-electron chi connectivity index (χ4n) is 3.03. The summed E-state index contributed by atoms with van der Waals surface area (Å²) in [4.78, 5) is 14.7. The molecular weight excluding hydrogens is 320 g/mol. The van der Waals surface area contributed by atoms with E-state index >= 15 is 0 Å². The summed E-state index contributed by atoms with van der Waals surface area (Å²) in [5.74, 6) is 1.43. The molecule has 2 aromatic rings. The Balaban J connectivity index is 1.64. The number of thiophene rings is 1. The minimum atomic E-state index is 0.470. The lowest BCUT2D eigenvalue weighted by molar-refractivity contribution is 0.121. The van der Waals surface area contributed by atoms with Crippen molar-refractivity contribution in [2.45, 2.75) is 19.9 Å². The Hall–Kier alpha value is -1.50. The second-order valence-electron chi connectivity index (χ2n) is 6.67. The zero-order chi connectivity index (χ0) is 16.9. The van der Waals surface area contributed by atoms with E-state index < -0.39 is 0 Å². The smallest absolute Gasteiger partial charge is 0.131 e. The fourth-order valence-corrected chi connectivity index (χ4v) is 3.97. The summed E-state index contributed by atoms with van der Waals surface area (Å²) >= 11 is 1.85. The van der Waals surface area contributed by atoms with Crippen molar-refractivity contribution in [2.24, 2.45) is 5.92 Å². The fraction of sp³-hybridized carbons (Fsp3) is 0.556. The van der Waals surface area contributed by atoms with Crippen molar-refractivity contribution >= 4 is 17.2 Å². The predicted molar refractivity (Wildman–Crippen MR) is 98.7 cm³/mol. The highest BCUT2D eigenvalue weighted by Gasteiger charge is 2.20. The van der Waals surface area contributed by atoms with Crippen LogP contribution in [0.2, 0.25) is 0 Å². The SMILES string of the molecule is Cc1ccsc1CN1CCOC[C@H](Cc2cc(N(C)C)ncn2)C1. The van der Waals surface area contributed by atoms with Crippen molar-refractivity contribution in [3.63, 3.8) is 0 Å². The molecule has 0 aromatic carbocycles. The standard InChI is InChI=1S/C18H26N4OS/c1-14-4-7-24-17(14)11-22-5-6-23-12-15(10-22)8-16-9-18(21(2)3)20-13-19-16/h4,7,9,13,15H,5-6,8,10-12H2,1-3H3/t15-/m1/s1. The molecule has 0 saturated carbocycles. The van der Waals surface area contributed by atoms with Crippen molar-refractivity contribution in [3.05, 3.63) is 40.0 Å². The van der Waals surface area contributed by atoms with Crippen molar-refractivity contribution in [1.82, 2.24) is 14.9 Å². The van der Waals surface area contributed by atoms with Crippen molar-refractivity contribution in [2.75, 3.05) is 45.3 Å². The van der Waals surface area contributed by atoms with Crippen molar-refractivity contribution < 1.29 is 4.74 Å². The maximum Gasteiger partial charge on any atom is 0.131 e. The first-order chi connectivity index (χ1) is 11.6. The van der Waals surface area contributed by atoms with E-state index in [0.717, 1.165) is 50.8 Å². The number of hydrogen-bond acceptors (Lipinski definition) is 6. The van der Waals surface area contributed by atoms with Crippen LogP contribution in [0.25, 0.3) is 0 Å². The van der Waals surface area contributed by atoms with Crippen LogP contribution in [0.1, 0.15) is 16.1 Å². The van der Waals surface area contributed by atoms with E-state index in [4.69, 9.17) is 4.74 Å². The van der Waals surface area contributed by atoms with E-state index in [-0.39, 0.29) is 0 Å². The molecule has 5 nitrogen and oxygen atoms in total. The Bertz CT molecular complexity index is 658. The van der Waals surface area contributed by atoms with Gasteiger partial charge in [-0.25, -0.2) is 9.97 Å². The van der Waals surface area contributed by atoms with E-state index in [1.807, 2.05) is 30.3 Å².